The normalized spacial score (nSPS) is 36.7. The Morgan fingerprint density at radius 3 is 2.50 bits per heavy atom. The summed E-state index contributed by atoms with van der Waals surface area (Å²) >= 11 is 0. The number of hydrogen-bond acceptors (Lipinski definition) is 1. The minimum atomic E-state index is 0.404. The topological polar surface area (TPSA) is 12.0 Å². The van der Waals surface area contributed by atoms with E-state index in [-0.39, 0.29) is 0 Å². The summed E-state index contributed by atoms with van der Waals surface area (Å²) in [7, 11) is 0. The molecule has 1 heterocycles. The van der Waals surface area contributed by atoms with Crippen molar-refractivity contribution >= 4 is 0 Å². The Kier molecular flexibility index (Phi) is 3.43. The van der Waals surface area contributed by atoms with Gasteiger partial charge in [0, 0.05) is 11.5 Å². The highest BCUT2D eigenvalue weighted by Crippen LogP contribution is 2.49. The molecule has 98 valence electrons. The van der Waals surface area contributed by atoms with E-state index in [0.717, 1.165) is 5.92 Å². The Bertz CT molecular complexity index is 380. The lowest BCUT2D eigenvalue weighted by molar-refractivity contribution is 0.202. The fraction of sp³-hybridized carbons (Fsp3) is 0.647. The molecule has 1 N–H and O–H groups in total. The molecule has 1 saturated heterocycles. The van der Waals surface area contributed by atoms with Gasteiger partial charge in [-0.25, -0.2) is 0 Å². The first-order valence-electron chi connectivity index (χ1n) is 7.63. The molecule has 0 amide bonds. The second-order valence-electron chi connectivity index (χ2n) is 6.20. The van der Waals surface area contributed by atoms with Crippen molar-refractivity contribution in [3.8, 4) is 0 Å². The summed E-state index contributed by atoms with van der Waals surface area (Å²) in [5.41, 5.74) is 1.98. The van der Waals surface area contributed by atoms with Gasteiger partial charge in [-0.1, -0.05) is 50.1 Å². The highest BCUT2D eigenvalue weighted by atomic mass is 14.9. The zero-order chi connectivity index (χ0) is 12.4. The Labute approximate surface area is 111 Å². The molecule has 0 bridgehead atoms. The lowest BCUT2D eigenvalue weighted by atomic mass is 9.65. The van der Waals surface area contributed by atoms with Crippen LogP contribution in [0.2, 0.25) is 0 Å². The molecule has 1 heteroatoms. The molecule has 1 saturated carbocycles. The highest BCUT2D eigenvalue weighted by Gasteiger charge is 2.47. The summed E-state index contributed by atoms with van der Waals surface area (Å²) in [6, 6.07) is 12.0. The fourth-order valence-electron chi connectivity index (χ4n) is 4.39. The number of hydrogen-bond donors (Lipinski definition) is 1. The van der Waals surface area contributed by atoms with Crippen LogP contribution < -0.4 is 5.32 Å². The zero-order valence-electron chi connectivity index (χ0n) is 11.5. The molecule has 18 heavy (non-hydrogen) atoms. The van der Waals surface area contributed by atoms with Crippen molar-refractivity contribution in [2.75, 3.05) is 6.54 Å². The van der Waals surface area contributed by atoms with E-state index in [4.69, 9.17) is 0 Å². The second kappa shape index (κ2) is 5.05. The third-order valence-corrected chi connectivity index (χ3v) is 5.35. The predicted octanol–water partition coefficient (Wildman–Crippen LogP) is 3.89. The lowest BCUT2D eigenvalue weighted by Gasteiger charge is -2.44. The van der Waals surface area contributed by atoms with E-state index < -0.39 is 0 Å². The fourth-order valence-corrected chi connectivity index (χ4v) is 4.39. The van der Waals surface area contributed by atoms with Crippen molar-refractivity contribution in [1.29, 1.82) is 0 Å². The second-order valence-corrected chi connectivity index (χ2v) is 6.20. The molecule has 0 spiro atoms. The molecule has 2 fully saturated rings. The average Bonchev–Trinajstić information content (AvgIpc) is 2.84. The first-order chi connectivity index (χ1) is 8.84. The van der Waals surface area contributed by atoms with Crippen molar-refractivity contribution in [3.63, 3.8) is 0 Å². The molecule has 0 aromatic heterocycles. The summed E-state index contributed by atoms with van der Waals surface area (Å²) in [4.78, 5) is 0. The molecular weight excluding hydrogens is 218 g/mol. The van der Waals surface area contributed by atoms with Gasteiger partial charge in [0.25, 0.3) is 0 Å². The molecule has 1 aromatic carbocycles. The van der Waals surface area contributed by atoms with Crippen molar-refractivity contribution in [3.05, 3.63) is 35.9 Å². The van der Waals surface area contributed by atoms with Gasteiger partial charge in [0.15, 0.2) is 0 Å². The van der Waals surface area contributed by atoms with E-state index in [1.807, 2.05) is 0 Å². The molecule has 3 rings (SSSR count). The van der Waals surface area contributed by atoms with Crippen molar-refractivity contribution < 1.29 is 0 Å². The van der Waals surface area contributed by atoms with Crippen LogP contribution in [0.5, 0.6) is 0 Å². The van der Waals surface area contributed by atoms with Gasteiger partial charge in [-0.15, -0.1) is 0 Å². The molecule has 1 aliphatic heterocycles. The molecule has 0 radical (unpaired) electrons. The Morgan fingerprint density at radius 1 is 1.06 bits per heavy atom. The maximum absolute atomic E-state index is 3.83. The largest absolute Gasteiger partial charge is 0.313 e. The summed E-state index contributed by atoms with van der Waals surface area (Å²) in [6.45, 7) is 3.68. The standard InChI is InChI=1S/C17H25N/c1-14-8-7-12-17(14,15-9-3-2-4-10-15)16-11-5-6-13-18-16/h2-4,9-10,14,16,18H,5-8,11-13H2,1H3/t14-,16-,17+/m1/s1. The van der Waals surface area contributed by atoms with Crippen molar-refractivity contribution in [2.45, 2.75) is 56.9 Å². The van der Waals surface area contributed by atoms with Crippen LogP contribution in [0.15, 0.2) is 30.3 Å². The molecule has 2 aliphatic rings. The van der Waals surface area contributed by atoms with E-state index in [9.17, 15) is 0 Å². The van der Waals surface area contributed by atoms with Crippen LogP contribution in [0, 0.1) is 5.92 Å². The smallest absolute Gasteiger partial charge is 0.0167 e. The van der Waals surface area contributed by atoms with Crippen LogP contribution in [0.25, 0.3) is 0 Å². The number of piperidine rings is 1. The van der Waals surface area contributed by atoms with E-state index in [1.54, 1.807) is 5.56 Å². The van der Waals surface area contributed by atoms with Crippen LogP contribution in [0.4, 0.5) is 0 Å². The average molecular weight is 243 g/mol. The zero-order valence-corrected chi connectivity index (χ0v) is 11.5. The van der Waals surface area contributed by atoms with Crippen LogP contribution in [-0.2, 0) is 5.41 Å². The van der Waals surface area contributed by atoms with Gasteiger partial charge < -0.3 is 5.32 Å². The first-order valence-corrected chi connectivity index (χ1v) is 7.63. The Morgan fingerprint density at radius 2 is 1.89 bits per heavy atom. The Hall–Kier alpha value is -0.820. The van der Waals surface area contributed by atoms with E-state index >= 15 is 0 Å². The number of benzene rings is 1. The summed E-state index contributed by atoms with van der Waals surface area (Å²) in [5, 5.41) is 3.83. The molecule has 1 nitrogen and oxygen atoms in total. The minimum Gasteiger partial charge on any atom is -0.313 e. The molecule has 3 atom stereocenters. The minimum absolute atomic E-state index is 0.404. The monoisotopic (exact) mass is 243 g/mol. The van der Waals surface area contributed by atoms with Gasteiger partial charge in [0.05, 0.1) is 0 Å². The Balaban J connectivity index is 1.98. The van der Waals surface area contributed by atoms with Gasteiger partial charge in [0.2, 0.25) is 0 Å². The van der Waals surface area contributed by atoms with Crippen molar-refractivity contribution in [2.24, 2.45) is 5.92 Å². The van der Waals surface area contributed by atoms with Gasteiger partial charge in [-0.2, -0.15) is 0 Å². The van der Waals surface area contributed by atoms with E-state index in [0.29, 0.717) is 11.5 Å². The van der Waals surface area contributed by atoms with E-state index in [1.165, 1.54) is 45.1 Å². The molecule has 1 aromatic rings. The summed E-state index contributed by atoms with van der Waals surface area (Å²) in [5.74, 6) is 0.815. The van der Waals surface area contributed by atoms with Crippen LogP contribution in [-0.4, -0.2) is 12.6 Å². The molecular formula is C17H25N. The third-order valence-electron chi connectivity index (χ3n) is 5.35. The van der Waals surface area contributed by atoms with Crippen LogP contribution in [0.3, 0.4) is 0 Å². The molecule has 0 unspecified atom stereocenters. The number of nitrogens with one attached hydrogen (secondary N) is 1. The quantitative estimate of drug-likeness (QED) is 0.831. The van der Waals surface area contributed by atoms with Gasteiger partial charge >= 0.3 is 0 Å². The lowest BCUT2D eigenvalue weighted by Crippen LogP contribution is -2.52. The predicted molar refractivity (Wildman–Crippen MR) is 76.8 cm³/mol. The number of rotatable bonds is 2. The van der Waals surface area contributed by atoms with E-state index in [2.05, 4.69) is 42.6 Å². The van der Waals surface area contributed by atoms with Gasteiger partial charge in [-0.05, 0) is 43.7 Å². The first kappa shape index (κ1) is 12.2. The molecule has 1 aliphatic carbocycles. The third kappa shape index (κ3) is 1.89. The summed E-state index contributed by atoms with van der Waals surface area (Å²) < 4.78 is 0. The van der Waals surface area contributed by atoms with Crippen molar-refractivity contribution in [1.82, 2.24) is 5.32 Å². The van der Waals surface area contributed by atoms with Crippen LogP contribution >= 0.6 is 0 Å². The maximum Gasteiger partial charge on any atom is 0.0167 e. The van der Waals surface area contributed by atoms with Gasteiger partial charge in [-0.3, -0.25) is 0 Å². The summed E-state index contributed by atoms with van der Waals surface area (Å²) in [6.07, 6.45) is 8.28. The van der Waals surface area contributed by atoms with Gasteiger partial charge in [0.1, 0.15) is 0 Å². The highest BCUT2D eigenvalue weighted by molar-refractivity contribution is 5.30. The SMILES string of the molecule is C[C@@H]1CCC[C@]1(c1ccccc1)[C@H]1CCCCN1. The maximum atomic E-state index is 3.83. The van der Waals surface area contributed by atoms with Crippen LogP contribution in [0.1, 0.15) is 51.0 Å².